The predicted octanol–water partition coefficient (Wildman–Crippen LogP) is 11.8. The van der Waals surface area contributed by atoms with Crippen molar-refractivity contribution >= 4 is 13.2 Å². The molecule has 2 heteroatoms. The van der Waals surface area contributed by atoms with Gasteiger partial charge in [0.1, 0.15) is 0 Å². The van der Waals surface area contributed by atoms with Gasteiger partial charge in [-0.1, -0.05) is 86.8 Å². The summed E-state index contributed by atoms with van der Waals surface area (Å²) in [5, 5.41) is 13.1. The van der Waals surface area contributed by atoms with Gasteiger partial charge in [-0.3, -0.25) is 0 Å². The van der Waals surface area contributed by atoms with E-state index in [1.807, 2.05) is 0 Å². The maximum absolute atomic E-state index is 11.6. The Balaban J connectivity index is 1.80. The Bertz CT molecular complexity index is 1760. The fourth-order valence-electron chi connectivity index (χ4n) is 8.34. The molecule has 1 aliphatic rings. The van der Waals surface area contributed by atoms with Gasteiger partial charge < -0.3 is 5.11 Å². The van der Waals surface area contributed by atoms with Gasteiger partial charge in [0.25, 0.3) is 0 Å². The van der Waals surface area contributed by atoms with E-state index in [2.05, 4.69) is 148 Å². The van der Waals surface area contributed by atoms with Gasteiger partial charge in [0.2, 0.25) is 0 Å². The zero-order chi connectivity index (χ0) is 33.7. The molecule has 1 fully saturated rings. The highest BCUT2D eigenvalue weighted by molar-refractivity contribution is 7.67. The van der Waals surface area contributed by atoms with Gasteiger partial charge >= 0.3 is 0 Å². The second kappa shape index (κ2) is 13.2. The first-order valence-corrected chi connectivity index (χ1v) is 18.8. The van der Waals surface area contributed by atoms with Gasteiger partial charge in [0.15, 0.2) is 0 Å². The molecule has 0 radical (unpaired) electrons. The van der Waals surface area contributed by atoms with Crippen molar-refractivity contribution in [2.24, 2.45) is 0 Å². The first-order valence-electron chi connectivity index (χ1n) is 17.3. The smallest absolute Gasteiger partial charge is 0.0559 e. The number of aliphatic hydroxyl groups excluding tert-OH is 1. The minimum absolute atomic E-state index is 0.224. The highest BCUT2D eigenvalue weighted by Gasteiger charge is 2.42. The molecule has 5 aromatic carbocycles. The van der Waals surface area contributed by atoms with E-state index >= 15 is 0 Å². The molecular formula is C45H51OP. The van der Waals surface area contributed by atoms with Crippen LogP contribution < -0.4 is 5.30 Å². The van der Waals surface area contributed by atoms with Crippen LogP contribution in [-0.4, -0.2) is 11.2 Å². The lowest BCUT2D eigenvalue weighted by molar-refractivity contribution is 0.146. The van der Waals surface area contributed by atoms with Crippen molar-refractivity contribution in [2.75, 3.05) is 0 Å². The van der Waals surface area contributed by atoms with Crippen LogP contribution in [0, 0.1) is 69.2 Å². The van der Waals surface area contributed by atoms with Crippen LogP contribution in [-0.2, 0) is 0 Å². The van der Waals surface area contributed by atoms with Crippen molar-refractivity contribution in [1.82, 2.24) is 0 Å². The SMILES string of the molecule is Cc1c(C)c(C)c(-c2cccc(-c3c(C)c(C)c(C)c(C)c3C)c2P2C(c3ccccc3)CC(O)CC2c2ccccc2)c(C)c1C. The third kappa shape index (κ3) is 5.71. The van der Waals surface area contributed by atoms with Gasteiger partial charge in [-0.25, -0.2) is 0 Å². The Hall–Kier alpha value is -3.51. The maximum Gasteiger partial charge on any atom is 0.0559 e. The summed E-state index contributed by atoms with van der Waals surface area (Å²) in [6.07, 6.45) is 1.21. The molecule has 1 saturated heterocycles. The quantitative estimate of drug-likeness (QED) is 0.190. The van der Waals surface area contributed by atoms with Crippen LogP contribution in [0.5, 0.6) is 0 Å². The Kier molecular flexibility index (Phi) is 9.37. The predicted molar refractivity (Wildman–Crippen MR) is 205 cm³/mol. The molecule has 0 bridgehead atoms. The molecule has 1 nitrogen and oxygen atoms in total. The summed E-state index contributed by atoms with van der Waals surface area (Å²) in [7, 11) is -0.825. The van der Waals surface area contributed by atoms with Crippen molar-refractivity contribution in [3.63, 3.8) is 0 Å². The molecule has 2 unspecified atom stereocenters. The van der Waals surface area contributed by atoms with E-state index < -0.39 is 7.92 Å². The minimum atomic E-state index is -0.825. The topological polar surface area (TPSA) is 20.2 Å². The zero-order valence-electron chi connectivity index (χ0n) is 30.0. The van der Waals surface area contributed by atoms with E-state index in [4.69, 9.17) is 0 Å². The zero-order valence-corrected chi connectivity index (χ0v) is 30.9. The van der Waals surface area contributed by atoms with Crippen molar-refractivity contribution in [3.05, 3.63) is 146 Å². The summed E-state index contributed by atoms with van der Waals surface area (Å²) in [6, 6.07) is 29.3. The van der Waals surface area contributed by atoms with E-state index in [1.54, 1.807) is 0 Å². The van der Waals surface area contributed by atoms with Gasteiger partial charge in [0.05, 0.1) is 6.10 Å². The second-order valence-corrected chi connectivity index (χ2v) is 16.6. The van der Waals surface area contributed by atoms with Crippen LogP contribution in [0.1, 0.15) is 90.9 Å². The summed E-state index contributed by atoms with van der Waals surface area (Å²) in [6.45, 7) is 23.1. The van der Waals surface area contributed by atoms with Gasteiger partial charge in [-0.15, -0.1) is 0 Å². The highest BCUT2D eigenvalue weighted by atomic mass is 31.1. The first-order chi connectivity index (χ1) is 22.4. The number of hydrogen-bond donors (Lipinski definition) is 1. The number of hydrogen-bond acceptors (Lipinski definition) is 1. The van der Waals surface area contributed by atoms with Crippen LogP contribution in [0.25, 0.3) is 22.3 Å². The molecule has 2 atom stereocenters. The molecule has 0 aliphatic carbocycles. The van der Waals surface area contributed by atoms with E-state index in [0.29, 0.717) is 0 Å². The van der Waals surface area contributed by atoms with Crippen LogP contribution in [0.3, 0.4) is 0 Å². The molecule has 1 N–H and O–H groups in total. The molecule has 6 rings (SSSR count). The van der Waals surface area contributed by atoms with Crippen LogP contribution in [0.4, 0.5) is 0 Å². The molecule has 0 saturated carbocycles. The summed E-state index contributed by atoms with van der Waals surface area (Å²) in [4.78, 5) is 0. The maximum atomic E-state index is 11.6. The van der Waals surface area contributed by atoms with Gasteiger partial charge in [-0.2, -0.15) is 0 Å². The molecule has 5 aromatic rings. The first kappa shape index (κ1) is 33.4. The monoisotopic (exact) mass is 638 g/mol. The summed E-state index contributed by atoms with van der Waals surface area (Å²) in [5.74, 6) is 0. The third-order valence-electron chi connectivity index (χ3n) is 11.9. The Labute approximate surface area is 284 Å². The largest absolute Gasteiger partial charge is 0.393 e. The lowest BCUT2D eigenvalue weighted by Crippen LogP contribution is -2.28. The van der Waals surface area contributed by atoms with E-state index in [-0.39, 0.29) is 17.4 Å². The van der Waals surface area contributed by atoms with Crippen molar-refractivity contribution in [2.45, 2.75) is 99.5 Å². The fraction of sp³-hybridized carbons (Fsp3) is 0.333. The standard InChI is InChI=1S/C45H51OP/c1-26-28(3)32(7)43(33(8)29(26)4)39-22-17-23-40(44-34(9)30(5)27(2)31(6)35(44)10)45(39)47-41(36-18-13-11-14-19-36)24-38(46)25-42(47)37-20-15-12-16-21-37/h11-23,38,41-42,46H,24-25H2,1-10H3. The Morgan fingerprint density at radius 2 is 0.745 bits per heavy atom. The fourth-order valence-corrected chi connectivity index (χ4v) is 12.3. The normalized spacial score (nSPS) is 19.6. The molecule has 1 aliphatic heterocycles. The number of benzene rings is 5. The third-order valence-corrected chi connectivity index (χ3v) is 15.2. The highest BCUT2D eigenvalue weighted by Crippen LogP contribution is 2.69. The average molecular weight is 639 g/mol. The van der Waals surface area contributed by atoms with Crippen molar-refractivity contribution in [3.8, 4) is 22.3 Å². The number of aliphatic hydroxyl groups is 1. The molecule has 47 heavy (non-hydrogen) atoms. The van der Waals surface area contributed by atoms with E-state index in [1.165, 1.54) is 94.3 Å². The average Bonchev–Trinajstić information content (AvgIpc) is 3.09. The van der Waals surface area contributed by atoms with Gasteiger partial charge in [0, 0.05) is 11.3 Å². The number of rotatable bonds is 5. The van der Waals surface area contributed by atoms with Crippen LogP contribution in [0.2, 0.25) is 0 Å². The molecule has 1 heterocycles. The van der Waals surface area contributed by atoms with Gasteiger partial charge in [-0.05, 0) is 176 Å². The lowest BCUT2D eigenvalue weighted by atomic mass is 9.83. The molecular weight excluding hydrogens is 587 g/mol. The van der Waals surface area contributed by atoms with Crippen molar-refractivity contribution < 1.29 is 5.11 Å². The summed E-state index contributed by atoms with van der Waals surface area (Å²) < 4.78 is 0. The lowest BCUT2D eigenvalue weighted by Gasteiger charge is -2.44. The van der Waals surface area contributed by atoms with Crippen LogP contribution in [0.15, 0.2) is 78.9 Å². The van der Waals surface area contributed by atoms with Crippen molar-refractivity contribution in [1.29, 1.82) is 0 Å². The minimum Gasteiger partial charge on any atom is -0.393 e. The van der Waals surface area contributed by atoms with E-state index in [0.717, 1.165) is 12.8 Å². The van der Waals surface area contributed by atoms with E-state index in [9.17, 15) is 5.11 Å². The van der Waals surface area contributed by atoms with Crippen LogP contribution >= 0.6 is 7.92 Å². The molecule has 0 spiro atoms. The molecule has 0 aromatic heterocycles. The Morgan fingerprint density at radius 3 is 1.09 bits per heavy atom. The summed E-state index contributed by atoms with van der Waals surface area (Å²) >= 11 is 0. The second-order valence-electron chi connectivity index (χ2n) is 14.1. The molecule has 242 valence electrons. The summed E-state index contributed by atoms with van der Waals surface area (Å²) in [5.41, 5.74) is 22.6. The Morgan fingerprint density at radius 1 is 0.426 bits per heavy atom. The molecule has 0 amide bonds.